The number of pyridine rings is 2. The molecule has 3 aromatic rings. The van der Waals surface area contributed by atoms with Crippen molar-refractivity contribution < 1.29 is 4.74 Å². The molecule has 4 rings (SSSR count). The van der Waals surface area contributed by atoms with Gasteiger partial charge in [-0.3, -0.25) is 4.79 Å². The van der Waals surface area contributed by atoms with E-state index in [4.69, 9.17) is 16.3 Å². The van der Waals surface area contributed by atoms with Crippen molar-refractivity contribution in [1.29, 1.82) is 0 Å². The molecule has 0 amide bonds. The first-order valence-corrected chi connectivity index (χ1v) is 10.6. The average Bonchev–Trinajstić information content (AvgIpc) is 3.19. The topological polar surface area (TPSA) is 63.1 Å². The van der Waals surface area contributed by atoms with Crippen molar-refractivity contribution in [3.8, 4) is 11.1 Å². The Balaban J connectivity index is 1.66. The van der Waals surface area contributed by atoms with Gasteiger partial charge in [-0.15, -0.1) is 0 Å². The average molecular weight is 437 g/mol. The number of allylic oxidation sites excluding steroid dienone is 5. The van der Waals surface area contributed by atoms with Crippen molar-refractivity contribution in [2.75, 3.05) is 31.2 Å². The molecular formula is C24H25ClN4O2. The van der Waals surface area contributed by atoms with E-state index < -0.39 is 0 Å². The third kappa shape index (κ3) is 4.81. The van der Waals surface area contributed by atoms with Crippen LogP contribution in [-0.2, 0) is 11.3 Å². The quantitative estimate of drug-likeness (QED) is 0.578. The van der Waals surface area contributed by atoms with Crippen molar-refractivity contribution in [2.24, 2.45) is 0 Å². The molecule has 6 nitrogen and oxygen atoms in total. The highest BCUT2D eigenvalue weighted by atomic mass is 35.5. The number of aromatic amines is 1. The third-order valence-electron chi connectivity index (χ3n) is 5.28. The number of nitrogens with one attached hydrogen (secondary N) is 1. The Morgan fingerprint density at radius 3 is 2.87 bits per heavy atom. The van der Waals surface area contributed by atoms with Crippen LogP contribution in [0.15, 0.2) is 77.0 Å². The summed E-state index contributed by atoms with van der Waals surface area (Å²) in [5, 5.41) is 1.43. The Hall–Kier alpha value is -3.09. The molecule has 0 radical (unpaired) electrons. The van der Waals surface area contributed by atoms with Crippen LogP contribution in [-0.4, -0.2) is 40.8 Å². The maximum absolute atomic E-state index is 12.8. The van der Waals surface area contributed by atoms with Gasteiger partial charge in [-0.25, -0.2) is 4.98 Å². The zero-order valence-corrected chi connectivity index (χ0v) is 18.2. The predicted molar refractivity (Wildman–Crippen MR) is 127 cm³/mol. The minimum atomic E-state index is -0.0836. The smallest absolute Gasteiger partial charge is 0.251 e. The van der Waals surface area contributed by atoms with Gasteiger partial charge in [0, 0.05) is 47.5 Å². The van der Waals surface area contributed by atoms with Crippen LogP contribution in [0.25, 0.3) is 22.2 Å². The van der Waals surface area contributed by atoms with Gasteiger partial charge in [0.05, 0.1) is 31.6 Å². The molecule has 0 aliphatic carbocycles. The largest absolute Gasteiger partial charge is 0.378 e. The second kappa shape index (κ2) is 9.37. The number of hydrogen-bond donors (Lipinski definition) is 1. The van der Waals surface area contributed by atoms with Crippen molar-refractivity contribution in [1.82, 2.24) is 14.5 Å². The Morgan fingerprint density at radius 2 is 2.16 bits per heavy atom. The first-order chi connectivity index (χ1) is 15.0. The lowest BCUT2D eigenvalue weighted by Gasteiger charge is -2.28. The Morgan fingerprint density at radius 1 is 1.35 bits per heavy atom. The fourth-order valence-electron chi connectivity index (χ4n) is 3.79. The Kier molecular flexibility index (Phi) is 6.39. The van der Waals surface area contributed by atoms with Gasteiger partial charge in [0.25, 0.3) is 5.56 Å². The first kappa shape index (κ1) is 21.2. The molecule has 1 fully saturated rings. The second-order valence-corrected chi connectivity index (χ2v) is 7.92. The van der Waals surface area contributed by atoms with E-state index >= 15 is 0 Å². The summed E-state index contributed by atoms with van der Waals surface area (Å²) in [5.41, 5.74) is 4.50. The van der Waals surface area contributed by atoms with Crippen molar-refractivity contribution >= 4 is 28.3 Å². The molecule has 1 saturated heterocycles. The van der Waals surface area contributed by atoms with Gasteiger partial charge in [0.15, 0.2) is 0 Å². The molecule has 31 heavy (non-hydrogen) atoms. The molecular weight excluding hydrogens is 412 g/mol. The number of anilines is 1. The molecule has 0 atom stereocenters. The van der Waals surface area contributed by atoms with E-state index in [1.807, 2.05) is 43.7 Å². The summed E-state index contributed by atoms with van der Waals surface area (Å²) in [6.45, 7) is 9.19. The maximum Gasteiger partial charge on any atom is 0.251 e. The van der Waals surface area contributed by atoms with Gasteiger partial charge in [-0.05, 0) is 36.3 Å². The van der Waals surface area contributed by atoms with Crippen LogP contribution in [0.4, 0.5) is 5.69 Å². The Labute approximate surface area is 186 Å². The van der Waals surface area contributed by atoms with Crippen LogP contribution in [0.3, 0.4) is 0 Å². The summed E-state index contributed by atoms with van der Waals surface area (Å²) >= 11 is 5.92. The predicted octanol–water partition coefficient (Wildman–Crippen LogP) is 4.48. The van der Waals surface area contributed by atoms with E-state index in [0.29, 0.717) is 11.6 Å². The minimum absolute atomic E-state index is 0.0836. The van der Waals surface area contributed by atoms with E-state index in [1.165, 1.54) is 0 Å². The monoisotopic (exact) mass is 436 g/mol. The number of H-pyrrole nitrogens is 1. The maximum atomic E-state index is 12.8. The lowest BCUT2D eigenvalue weighted by Crippen LogP contribution is -2.36. The number of morpholine rings is 1. The van der Waals surface area contributed by atoms with Gasteiger partial charge >= 0.3 is 0 Å². The molecule has 160 valence electrons. The Bertz CT molecular complexity index is 1220. The van der Waals surface area contributed by atoms with E-state index in [9.17, 15) is 4.79 Å². The van der Waals surface area contributed by atoms with Gasteiger partial charge < -0.3 is 19.2 Å². The molecule has 1 aliphatic heterocycles. The third-order valence-corrected chi connectivity index (χ3v) is 5.38. The van der Waals surface area contributed by atoms with Gasteiger partial charge in [-0.2, -0.15) is 0 Å². The molecule has 0 bridgehead atoms. The van der Waals surface area contributed by atoms with E-state index in [2.05, 4.69) is 27.5 Å². The fourth-order valence-corrected chi connectivity index (χ4v) is 3.93. The number of rotatable bonds is 6. The second-order valence-electron chi connectivity index (χ2n) is 7.44. The number of halogens is 1. The van der Waals surface area contributed by atoms with Crippen molar-refractivity contribution in [3.63, 3.8) is 0 Å². The number of aromatic nitrogens is 3. The van der Waals surface area contributed by atoms with Crippen LogP contribution in [0.5, 0.6) is 0 Å². The molecule has 3 aromatic heterocycles. The normalized spacial score (nSPS) is 15.2. The lowest BCUT2D eigenvalue weighted by molar-refractivity contribution is 0.122. The van der Waals surface area contributed by atoms with E-state index in [1.54, 1.807) is 16.7 Å². The molecule has 0 spiro atoms. The molecule has 1 N–H and O–H groups in total. The molecule has 7 heteroatoms. The zero-order valence-electron chi connectivity index (χ0n) is 17.5. The SMILES string of the molecule is C=C(Cl)/C=C(\C=C/C)Cn1ccc(-c2c[nH]c3ncc(N4CCOCC4)cc23)cc1=O. The summed E-state index contributed by atoms with van der Waals surface area (Å²) in [5.74, 6) is 0. The molecule has 0 unspecified atom stereocenters. The number of fused-ring (bicyclic) bond motifs is 1. The fraction of sp³-hybridized carbons (Fsp3) is 0.250. The van der Waals surface area contributed by atoms with Crippen LogP contribution >= 0.6 is 11.6 Å². The highest BCUT2D eigenvalue weighted by molar-refractivity contribution is 6.30. The summed E-state index contributed by atoms with van der Waals surface area (Å²) < 4.78 is 7.10. The van der Waals surface area contributed by atoms with Gasteiger partial charge in [0.1, 0.15) is 5.65 Å². The molecule has 4 heterocycles. The van der Waals surface area contributed by atoms with Crippen LogP contribution < -0.4 is 10.5 Å². The standard InChI is InChI=1S/C24H25ClN4O2/c1-3-4-18(11-17(2)25)16-29-6-5-19(12-23(29)30)22-15-27-24-21(22)13-20(14-26-24)28-7-9-31-10-8-28/h3-6,11-15H,2,7-10,16H2,1H3,(H,26,27)/b4-3-,18-11+. The van der Waals surface area contributed by atoms with Crippen LogP contribution in [0, 0.1) is 0 Å². The van der Waals surface area contributed by atoms with E-state index in [0.717, 1.165) is 59.7 Å². The number of nitrogens with zero attached hydrogens (tertiary/aromatic N) is 3. The number of hydrogen-bond acceptors (Lipinski definition) is 4. The van der Waals surface area contributed by atoms with E-state index in [-0.39, 0.29) is 5.56 Å². The summed E-state index contributed by atoms with van der Waals surface area (Å²) in [7, 11) is 0. The lowest BCUT2D eigenvalue weighted by atomic mass is 10.1. The van der Waals surface area contributed by atoms with Gasteiger partial charge in [-0.1, -0.05) is 30.3 Å². The van der Waals surface area contributed by atoms with Crippen LogP contribution in [0.2, 0.25) is 0 Å². The number of ether oxygens (including phenoxy) is 1. The highest BCUT2D eigenvalue weighted by Crippen LogP contribution is 2.30. The van der Waals surface area contributed by atoms with Gasteiger partial charge in [0.2, 0.25) is 0 Å². The molecule has 0 saturated carbocycles. The summed E-state index contributed by atoms with van der Waals surface area (Å²) in [6, 6.07) is 5.74. The zero-order chi connectivity index (χ0) is 21.8. The van der Waals surface area contributed by atoms with Crippen molar-refractivity contribution in [2.45, 2.75) is 13.5 Å². The molecule has 1 aliphatic rings. The highest BCUT2D eigenvalue weighted by Gasteiger charge is 2.15. The summed E-state index contributed by atoms with van der Waals surface area (Å²) in [4.78, 5) is 22.9. The minimum Gasteiger partial charge on any atom is -0.378 e. The van der Waals surface area contributed by atoms with Crippen LogP contribution in [0.1, 0.15) is 6.92 Å². The summed E-state index contributed by atoms with van der Waals surface area (Å²) in [6.07, 6.45) is 11.2. The molecule has 0 aromatic carbocycles. The van der Waals surface area contributed by atoms with Crippen molar-refractivity contribution in [3.05, 3.63) is 82.6 Å². The first-order valence-electron chi connectivity index (χ1n) is 10.2.